The summed E-state index contributed by atoms with van der Waals surface area (Å²) in [6.45, 7) is 1.23. The minimum absolute atomic E-state index is 0.0173. The van der Waals surface area contributed by atoms with Crippen molar-refractivity contribution in [1.29, 1.82) is 0 Å². The molecule has 5 nitrogen and oxygen atoms in total. The number of rotatable bonds is 5. The van der Waals surface area contributed by atoms with Gasteiger partial charge in [0, 0.05) is 37.8 Å². The van der Waals surface area contributed by atoms with E-state index in [4.69, 9.17) is 0 Å². The largest absolute Gasteiger partial charge is 0.354 e. The predicted octanol–water partition coefficient (Wildman–Crippen LogP) is 1.97. The number of hydrogen-bond acceptors (Lipinski definition) is 3. The SMILES string of the molecule is O=C1NCCCN(C(=O)CCc2ccccn2)[C@@H]1Cc1ccccc1. The molecule has 0 radical (unpaired) electrons. The van der Waals surface area contributed by atoms with Crippen LogP contribution in [0.5, 0.6) is 0 Å². The lowest BCUT2D eigenvalue weighted by molar-refractivity contribution is -0.139. The predicted molar refractivity (Wildman–Crippen MR) is 95.8 cm³/mol. The van der Waals surface area contributed by atoms with Gasteiger partial charge in [0.2, 0.25) is 11.8 Å². The molecule has 0 bridgehead atoms. The van der Waals surface area contributed by atoms with Crippen LogP contribution in [0.2, 0.25) is 0 Å². The fourth-order valence-electron chi connectivity index (χ4n) is 3.14. The number of nitrogens with zero attached hydrogens (tertiary/aromatic N) is 2. The molecule has 0 saturated carbocycles. The van der Waals surface area contributed by atoms with Crippen LogP contribution in [-0.2, 0) is 22.4 Å². The number of aryl methyl sites for hydroxylation is 1. The summed E-state index contributed by atoms with van der Waals surface area (Å²) in [6.07, 6.45) is 4.02. The molecule has 2 heterocycles. The first-order valence-electron chi connectivity index (χ1n) is 8.75. The number of carbonyl (C=O) groups is 2. The van der Waals surface area contributed by atoms with E-state index in [1.165, 1.54) is 0 Å². The Balaban J connectivity index is 1.70. The molecule has 1 atom stereocenters. The Kier molecular flexibility index (Phi) is 5.77. The van der Waals surface area contributed by atoms with Crippen molar-refractivity contribution in [3.8, 4) is 0 Å². The molecule has 2 amide bonds. The number of nitrogens with one attached hydrogen (secondary N) is 1. The smallest absolute Gasteiger partial charge is 0.243 e. The second kappa shape index (κ2) is 8.42. The normalized spacial score (nSPS) is 17.7. The fourth-order valence-corrected chi connectivity index (χ4v) is 3.14. The van der Waals surface area contributed by atoms with E-state index in [0.717, 1.165) is 17.7 Å². The minimum atomic E-state index is -0.443. The molecule has 1 aromatic carbocycles. The average molecular weight is 337 g/mol. The van der Waals surface area contributed by atoms with Gasteiger partial charge in [0.15, 0.2) is 0 Å². The van der Waals surface area contributed by atoms with Crippen LogP contribution in [-0.4, -0.2) is 40.8 Å². The van der Waals surface area contributed by atoms with Crippen LogP contribution in [0.25, 0.3) is 0 Å². The summed E-state index contributed by atoms with van der Waals surface area (Å²) in [4.78, 5) is 31.3. The van der Waals surface area contributed by atoms with Gasteiger partial charge in [-0.3, -0.25) is 14.6 Å². The topological polar surface area (TPSA) is 62.3 Å². The Morgan fingerprint density at radius 3 is 2.72 bits per heavy atom. The van der Waals surface area contributed by atoms with Crippen LogP contribution in [0.1, 0.15) is 24.1 Å². The van der Waals surface area contributed by atoms with Gasteiger partial charge >= 0.3 is 0 Å². The second-order valence-corrected chi connectivity index (χ2v) is 6.26. The summed E-state index contributed by atoms with van der Waals surface area (Å²) < 4.78 is 0. The fraction of sp³-hybridized carbons (Fsp3) is 0.350. The number of carbonyl (C=O) groups excluding carboxylic acids is 2. The van der Waals surface area contributed by atoms with E-state index in [2.05, 4.69) is 10.3 Å². The molecule has 5 heteroatoms. The standard InChI is InChI=1S/C20H23N3O2/c24-19(11-10-17-9-4-5-12-21-17)23-14-6-13-22-20(25)18(23)15-16-7-2-1-3-8-16/h1-5,7-9,12,18H,6,10-11,13-15H2,(H,22,25)/t18-/m1/s1. The van der Waals surface area contributed by atoms with E-state index >= 15 is 0 Å². The van der Waals surface area contributed by atoms with Crippen molar-refractivity contribution in [2.75, 3.05) is 13.1 Å². The molecule has 0 unspecified atom stereocenters. The molecule has 0 spiro atoms. The van der Waals surface area contributed by atoms with Gasteiger partial charge < -0.3 is 10.2 Å². The molecule has 1 saturated heterocycles. The maximum absolute atomic E-state index is 12.8. The zero-order valence-corrected chi connectivity index (χ0v) is 14.2. The molecule has 1 aromatic heterocycles. The molecule has 2 aromatic rings. The highest BCUT2D eigenvalue weighted by Crippen LogP contribution is 2.15. The zero-order valence-electron chi connectivity index (χ0n) is 14.2. The highest BCUT2D eigenvalue weighted by atomic mass is 16.2. The third-order valence-electron chi connectivity index (χ3n) is 4.47. The number of benzene rings is 1. The van der Waals surface area contributed by atoms with E-state index < -0.39 is 6.04 Å². The van der Waals surface area contributed by atoms with Gasteiger partial charge in [-0.05, 0) is 30.5 Å². The van der Waals surface area contributed by atoms with Crippen molar-refractivity contribution in [1.82, 2.24) is 15.2 Å². The van der Waals surface area contributed by atoms with Gasteiger partial charge in [-0.15, -0.1) is 0 Å². The number of amides is 2. The van der Waals surface area contributed by atoms with E-state index in [1.807, 2.05) is 48.5 Å². The van der Waals surface area contributed by atoms with Crippen LogP contribution in [0.15, 0.2) is 54.7 Å². The summed E-state index contributed by atoms with van der Waals surface area (Å²) in [5, 5.41) is 2.93. The highest BCUT2D eigenvalue weighted by Gasteiger charge is 2.31. The lowest BCUT2D eigenvalue weighted by Crippen LogP contribution is -2.48. The Hall–Kier alpha value is -2.69. The monoisotopic (exact) mass is 337 g/mol. The van der Waals surface area contributed by atoms with Crippen LogP contribution in [0, 0.1) is 0 Å². The third-order valence-corrected chi connectivity index (χ3v) is 4.47. The number of pyridine rings is 1. The Bertz CT molecular complexity index is 703. The average Bonchev–Trinajstić information content (AvgIpc) is 2.83. The molecule has 3 rings (SSSR count). The summed E-state index contributed by atoms with van der Waals surface area (Å²) >= 11 is 0. The quantitative estimate of drug-likeness (QED) is 0.907. The summed E-state index contributed by atoms with van der Waals surface area (Å²) in [6, 6.07) is 15.1. The van der Waals surface area contributed by atoms with Crippen molar-refractivity contribution >= 4 is 11.8 Å². The van der Waals surface area contributed by atoms with Gasteiger partial charge in [-0.25, -0.2) is 0 Å². The van der Waals surface area contributed by atoms with Crippen LogP contribution in [0.3, 0.4) is 0 Å². The van der Waals surface area contributed by atoms with Gasteiger partial charge in [0.1, 0.15) is 6.04 Å². The second-order valence-electron chi connectivity index (χ2n) is 6.26. The molecule has 1 fully saturated rings. The van der Waals surface area contributed by atoms with E-state index in [1.54, 1.807) is 11.1 Å². The maximum Gasteiger partial charge on any atom is 0.243 e. The Labute approximate surface area is 148 Å². The number of aromatic nitrogens is 1. The molecule has 1 N–H and O–H groups in total. The molecule has 1 aliphatic rings. The van der Waals surface area contributed by atoms with Crippen molar-refractivity contribution < 1.29 is 9.59 Å². The minimum Gasteiger partial charge on any atom is -0.354 e. The van der Waals surface area contributed by atoms with Crippen LogP contribution < -0.4 is 5.32 Å². The molecule has 130 valence electrons. The molecular weight excluding hydrogens is 314 g/mol. The third kappa shape index (κ3) is 4.66. The van der Waals surface area contributed by atoms with Crippen LogP contribution in [0.4, 0.5) is 0 Å². The zero-order chi connectivity index (χ0) is 17.5. The van der Waals surface area contributed by atoms with Crippen molar-refractivity contribution in [3.05, 3.63) is 66.0 Å². The van der Waals surface area contributed by atoms with Crippen molar-refractivity contribution in [2.45, 2.75) is 31.7 Å². The molecular formula is C20H23N3O2. The highest BCUT2D eigenvalue weighted by molar-refractivity contribution is 5.88. The first kappa shape index (κ1) is 17.1. The molecule has 0 aliphatic carbocycles. The van der Waals surface area contributed by atoms with Crippen molar-refractivity contribution in [3.63, 3.8) is 0 Å². The molecule has 1 aliphatic heterocycles. The summed E-state index contributed by atoms with van der Waals surface area (Å²) in [7, 11) is 0. The van der Waals surface area contributed by atoms with Crippen LogP contribution >= 0.6 is 0 Å². The Morgan fingerprint density at radius 1 is 1.16 bits per heavy atom. The van der Waals surface area contributed by atoms with Gasteiger partial charge in [-0.1, -0.05) is 36.4 Å². The Morgan fingerprint density at radius 2 is 1.96 bits per heavy atom. The molecule has 25 heavy (non-hydrogen) atoms. The van der Waals surface area contributed by atoms with E-state index in [0.29, 0.717) is 32.4 Å². The number of hydrogen-bond donors (Lipinski definition) is 1. The van der Waals surface area contributed by atoms with E-state index in [-0.39, 0.29) is 11.8 Å². The lowest BCUT2D eigenvalue weighted by Gasteiger charge is -2.28. The van der Waals surface area contributed by atoms with Gasteiger partial charge in [0.25, 0.3) is 0 Å². The van der Waals surface area contributed by atoms with Gasteiger partial charge in [0.05, 0.1) is 0 Å². The first-order chi connectivity index (χ1) is 12.2. The summed E-state index contributed by atoms with van der Waals surface area (Å²) in [5.41, 5.74) is 1.96. The summed E-state index contributed by atoms with van der Waals surface area (Å²) in [5.74, 6) is -0.0452. The first-order valence-corrected chi connectivity index (χ1v) is 8.75. The van der Waals surface area contributed by atoms with Crippen molar-refractivity contribution in [2.24, 2.45) is 0 Å². The lowest BCUT2D eigenvalue weighted by atomic mass is 10.0. The van der Waals surface area contributed by atoms with E-state index in [9.17, 15) is 9.59 Å². The maximum atomic E-state index is 12.8. The van der Waals surface area contributed by atoms with Gasteiger partial charge in [-0.2, -0.15) is 0 Å².